The SMILES string of the molecule is Cc1csc(NC(=O)CSc2nc(=O)n(CCN3CCOCC3)c3c2CCC3)n1. The second-order valence-corrected chi connectivity index (χ2v) is 9.04. The lowest BCUT2D eigenvalue weighted by Crippen LogP contribution is -2.40. The highest BCUT2D eigenvalue weighted by Crippen LogP contribution is 2.29. The molecule has 4 rings (SSSR count). The molecule has 1 aliphatic carbocycles. The number of thiazole rings is 1. The Morgan fingerprint density at radius 2 is 2.10 bits per heavy atom. The van der Waals surface area contributed by atoms with Gasteiger partial charge in [-0.3, -0.25) is 14.3 Å². The zero-order chi connectivity index (χ0) is 20.2. The minimum atomic E-state index is -0.211. The van der Waals surface area contributed by atoms with Crippen LogP contribution in [0.25, 0.3) is 0 Å². The first-order valence-electron chi connectivity index (χ1n) is 9.87. The van der Waals surface area contributed by atoms with Crippen molar-refractivity contribution in [3.8, 4) is 0 Å². The molecule has 2 aromatic heterocycles. The molecule has 2 aromatic rings. The van der Waals surface area contributed by atoms with Crippen LogP contribution in [0, 0.1) is 6.92 Å². The van der Waals surface area contributed by atoms with Crippen LogP contribution in [0.3, 0.4) is 0 Å². The summed E-state index contributed by atoms with van der Waals surface area (Å²) in [6, 6.07) is 0. The van der Waals surface area contributed by atoms with Gasteiger partial charge in [0.2, 0.25) is 5.91 Å². The summed E-state index contributed by atoms with van der Waals surface area (Å²) in [5, 5.41) is 6.01. The summed E-state index contributed by atoms with van der Waals surface area (Å²) in [6.45, 7) is 6.70. The summed E-state index contributed by atoms with van der Waals surface area (Å²) in [6.07, 6.45) is 2.83. The van der Waals surface area contributed by atoms with E-state index in [9.17, 15) is 9.59 Å². The molecule has 1 fully saturated rings. The quantitative estimate of drug-likeness (QED) is 0.521. The molecule has 156 valence electrons. The molecule has 0 aromatic carbocycles. The van der Waals surface area contributed by atoms with Crippen molar-refractivity contribution in [3.63, 3.8) is 0 Å². The normalized spacial score (nSPS) is 16.7. The van der Waals surface area contributed by atoms with Crippen molar-refractivity contribution in [2.75, 3.05) is 43.9 Å². The minimum Gasteiger partial charge on any atom is -0.379 e. The van der Waals surface area contributed by atoms with Crippen molar-refractivity contribution in [1.82, 2.24) is 19.4 Å². The van der Waals surface area contributed by atoms with Crippen molar-refractivity contribution in [3.05, 3.63) is 32.8 Å². The predicted molar refractivity (Wildman–Crippen MR) is 114 cm³/mol. The molecule has 2 aliphatic rings. The van der Waals surface area contributed by atoms with E-state index in [2.05, 4.69) is 20.2 Å². The summed E-state index contributed by atoms with van der Waals surface area (Å²) in [5.74, 6) is 0.0874. The van der Waals surface area contributed by atoms with Gasteiger partial charge in [0.05, 0.1) is 24.7 Å². The molecular formula is C19H25N5O3S2. The molecule has 10 heteroatoms. The third-order valence-corrected chi connectivity index (χ3v) is 7.04. The van der Waals surface area contributed by atoms with Crippen LogP contribution in [0.4, 0.5) is 5.13 Å². The first-order valence-corrected chi connectivity index (χ1v) is 11.7. The van der Waals surface area contributed by atoms with E-state index >= 15 is 0 Å². The number of morpholine rings is 1. The van der Waals surface area contributed by atoms with Gasteiger partial charge in [0.15, 0.2) is 5.13 Å². The summed E-state index contributed by atoms with van der Waals surface area (Å²) >= 11 is 2.75. The van der Waals surface area contributed by atoms with E-state index in [1.165, 1.54) is 23.1 Å². The number of hydrogen-bond donors (Lipinski definition) is 1. The maximum atomic E-state index is 12.7. The summed E-state index contributed by atoms with van der Waals surface area (Å²) in [7, 11) is 0. The molecule has 1 amide bonds. The Hall–Kier alpha value is -1.75. The van der Waals surface area contributed by atoms with Crippen LogP contribution in [0.1, 0.15) is 23.4 Å². The lowest BCUT2D eigenvalue weighted by Gasteiger charge is -2.27. The number of nitrogens with zero attached hydrogens (tertiary/aromatic N) is 4. The van der Waals surface area contributed by atoms with Gasteiger partial charge in [-0.1, -0.05) is 11.8 Å². The lowest BCUT2D eigenvalue weighted by atomic mass is 10.2. The Balaban J connectivity index is 1.41. The van der Waals surface area contributed by atoms with Gasteiger partial charge in [-0.05, 0) is 26.2 Å². The summed E-state index contributed by atoms with van der Waals surface area (Å²) in [5.41, 5.74) is 2.90. The number of anilines is 1. The zero-order valence-corrected chi connectivity index (χ0v) is 18.1. The summed E-state index contributed by atoms with van der Waals surface area (Å²) < 4.78 is 7.22. The Kier molecular flexibility index (Phi) is 6.63. The zero-order valence-electron chi connectivity index (χ0n) is 16.5. The molecule has 0 atom stereocenters. The number of aryl methyl sites for hydroxylation is 1. The molecule has 0 spiro atoms. The fourth-order valence-electron chi connectivity index (χ4n) is 3.70. The minimum absolute atomic E-state index is 0.130. The average Bonchev–Trinajstić information content (AvgIpc) is 3.35. The van der Waals surface area contributed by atoms with Crippen LogP contribution in [0.2, 0.25) is 0 Å². The van der Waals surface area contributed by atoms with E-state index in [4.69, 9.17) is 4.74 Å². The third-order valence-electron chi connectivity index (χ3n) is 5.15. The molecule has 1 aliphatic heterocycles. The van der Waals surface area contributed by atoms with Crippen LogP contribution < -0.4 is 11.0 Å². The number of thioether (sulfide) groups is 1. The number of aromatic nitrogens is 3. The second-order valence-electron chi connectivity index (χ2n) is 7.21. The smallest absolute Gasteiger partial charge is 0.348 e. The van der Waals surface area contributed by atoms with Gasteiger partial charge in [0.25, 0.3) is 0 Å². The highest BCUT2D eigenvalue weighted by atomic mass is 32.2. The van der Waals surface area contributed by atoms with Crippen molar-refractivity contribution in [1.29, 1.82) is 0 Å². The number of ether oxygens (including phenoxy) is 1. The first-order chi connectivity index (χ1) is 14.1. The van der Waals surface area contributed by atoms with E-state index in [0.717, 1.165) is 69.1 Å². The molecule has 1 saturated heterocycles. The monoisotopic (exact) mass is 435 g/mol. The van der Waals surface area contributed by atoms with Gasteiger partial charge < -0.3 is 10.1 Å². The van der Waals surface area contributed by atoms with Crippen molar-refractivity contribution >= 4 is 34.1 Å². The molecule has 0 radical (unpaired) electrons. The Bertz CT molecular complexity index is 936. The number of rotatable bonds is 7. The van der Waals surface area contributed by atoms with Crippen molar-refractivity contribution < 1.29 is 9.53 Å². The first kappa shape index (κ1) is 20.5. The molecule has 0 saturated carbocycles. The molecule has 29 heavy (non-hydrogen) atoms. The third kappa shape index (κ3) is 5.06. The van der Waals surface area contributed by atoms with Crippen LogP contribution >= 0.6 is 23.1 Å². The van der Waals surface area contributed by atoms with Crippen LogP contribution in [-0.4, -0.2) is 63.9 Å². The fourth-order valence-corrected chi connectivity index (χ4v) is 5.28. The topological polar surface area (TPSA) is 89.4 Å². The Morgan fingerprint density at radius 1 is 1.28 bits per heavy atom. The second kappa shape index (κ2) is 9.38. The van der Waals surface area contributed by atoms with Crippen LogP contribution in [-0.2, 0) is 28.9 Å². The van der Waals surface area contributed by atoms with E-state index < -0.39 is 0 Å². The number of amides is 1. The van der Waals surface area contributed by atoms with Gasteiger partial charge in [0.1, 0.15) is 5.03 Å². The molecule has 1 N–H and O–H groups in total. The largest absolute Gasteiger partial charge is 0.379 e. The van der Waals surface area contributed by atoms with Gasteiger partial charge in [-0.15, -0.1) is 11.3 Å². The maximum absolute atomic E-state index is 12.7. The van der Waals surface area contributed by atoms with Gasteiger partial charge in [-0.2, -0.15) is 4.98 Å². The Morgan fingerprint density at radius 3 is 2.86 bits per heavy atom. The molecule has 3 heterocycles. The van der Waals surface area contributed by atoms with Crippen molar-refractivity contribution in [2.45, 2.75) is 37.8 Å². The van der Waals surface area contributed by atoms with Crippen LogP contribution in [0.5, 0.6) is 0 Å². The average molecular weight is 436 g/mol. The number of carbonyl (C=O) groups is 1. The van der Waals surface area contributed by atoms with E-state index in [1.54, 1.807) is 0 Å². The van der Waals surface area contributed by atoms with E-state index in [1.807, 2.05) is 16.9 Å². The highest BCUT2D eigenvalue weighted by Gasteiger charge is 2.23. The molecule has 8 nitrogen and oxygen atoms in total. The van der Waals surface area contributed by atoms with Gasteiger partial charge in [-0.25, -0.2) is 9.78 Å². The lowest BCUT2D eigenvalue weighted by molar-refractivity contribution is -0.113. The number of nitrogens with one attached hydrogen (secondary N) is 1. The predicted octanol–water partition coefficient (Wildman–Crippen LogP) is 1.56. The van der Waals surface area contributed by atoms with Crippen LogP contribution in [0.15, 0.2) is 15.2 Å². The van der Waals surface area contributed by atoms with E-state index in [0.29, 0.717) is 16.7 Å². The molecule has 0 unspecified atom stereocenters. The Labute approximate surface area is 177 Å². The molecule has 0 bridgehead atoms. The fraction of sp³-hybridized carbons (Fsp3) is 0.579. The number of carbonyl (C=O) groups excluding carboxylic acids is 1. The van der Waals surface area contributed by atoms with E-state index in [-0.39, 0.29) is 17.3 Å². The molecular weight excluding hydrogens is 410 g/mol. The standard InChI is InChI=1S/C19H25N5O3S2/c1-13-11-29-18(20-13)21-16(25)12-28-17-14-3-2-4-15(14)24(19(26)22-17)6-5-23-7-9-27-10-8-23/h11H,2-10,12H2,1H3,(H,20,21,25). The number of hydrogen-bond acceptors (Lipinski definition) is 8. The van der Waals surface area contributed by atoms with Crippen molar-refractivity contribution in [2.24, 2.45) is 0 Å². The highest BCUT2D eigenvalue weighted by molar-refractivity contribution is 8.00. The van der Waals surface area contributed by atoms with Gasteiger partial charge in [0, 0.05) is 42.8 Å². The number of fused-ring (bicyclic) bond motifs is 1. The maximum Gasteiger partial charge on any atom is 0.348 e. The van der Waals surface area contributed by atoms with Gasteiger partial charge >= 0.3 is 5.69 Å². The summed E-state index contributed by atoms with van der Waals surface area (Å²) in [4.78, 5) is 35.8.